The van der Waals surface area contributed by atoms with Gasteiger partial charge in [0.1, 0.15) is 11.7 Å². The number of hydrogen-bond donors (Lipinski definition) is 0. The SMILES string of the molecule is CC(C)(C)OC(=O)N1CCC(CC(=O)N2CCCC(Oc3ncccn3)C2)CC1. The molecule has 0 aromatic carbocycles. The molecule has 2 fully saturated rings. The number of carbonyl (C=O) groups is 2. The van der Waals surface area contributed by atoms with Gasteiger partial charge in [-0.15, -0.1) is 0 Å². The first-order valence-electron chi connectivity index (χ1n) is 10.5. The van der Waals surface area contributed by atoms with E-state index in [4.69, 9.17) is 9.47 Å². The Balaban J connectivity index is 1.43. The normalized spacial score (nSPS) is 21.0. The molecule has 2 saturated heterocycles. The van der Waals surface area contributed by atoms with Gasteiger partial charge in [0.05, 0.1) is 6.54 Å². The second kappa shape index (κ2) is 9.41. The third-order valence-corrected chi connectivity index (χ3v) is 5.27. The molecule has 0 radical (unpaired) electrons. The van der Waals surface area contributed by atoms with Crippen LogP contribution in [0.2, 0.25) is 0 Å². The summed E-state index contributed by atoms with van der Waals surface area (Å²) in [5, 5.41) is 0. The topological polar surface area (TPSA) is 84.9 Å². The van der Waals surface area contributed by atoms with Gasteiger partial charge in [-0.2, -0.15) is 0 Å². The van der Waals surface area contributed by atoms with Crippen molar-refractivity contribution < 1.29 is 19.1 Å². The van der Waals surface area contributed by atoms with Crippen LogP contribution in [0.5, 0.6) is 6.01 Å². The van der Waals surface area contributed by atoms with Crippen LogP contribution in [-0.2, 0) is 9.53 Å². The molecule has 29 heavy (non-hydrogen) atoms. The summed E-state index contributed by atoms with van der Waals surface area (Å²) in [6, 6.07) is 2.11. The molecule has 0 aliphatic carbocycles. The lowest BCUT2D eigenvalue weighted by Gasteiger charge is -2.35. The van der Waals surface area contributed by atoms with Crippen molar-refractivity contribution in [2.24, 2.45) is 5.92 Å². The molecule has 0 N–H and O–H groups in total. The van der Waals surface area contributed by atoms with Gasteiger partial charge in [0.15, 0.2) is 0 Å². The third kappa shape index (κ3) is 6.58. The summed E-state index contributed by atoms with van der Waals surface area (Å²) in [5.41, 5.74) is -0.485. The average molecular weight is 405 g/mol. The van der Waals surface area contributed by atoms with Gasteiger partial charge < -0.3 is 19.3 Å². The molecular weight excluding hydrogens is 372 g/mol. The Morgan fingerprint density at radius 2 is 1.76 bits per heavy atom. The number of amides is 2. The standard InChI is InChI=1S/C21H32N4O4/c1-21(2,3)29-20(27)24-12-7-16(8-13-24)14-18(26)25-11-4-6-17(15-25)28-19-22-9-5-10-23-19/h5,9-10,16-17H,4,6-8,11-15H2,1-3H3. The third-order valence-electron chi connectivity index (χ3n) is 5.27. The molecule has 1 atom stereocenters. The van der Waals surface area contributed by atoms with Crippen molar-refractivity contribution in [3.05, 3.63) is 18.5 Å². The Kier molecular flexibility index (Phi) is 6.92. The van der Waals surface area contributed by atoms with Crippen molar-refractivity contribution in [3.63, 3.8) is 0 Å². The Hall–Kier alpha value is -2.38. The molecule has 2 amide bonds. The zero-order valence-corrected chi connectivity index (χ0v) is 17.7. The number of piperidine rings is 2. The minimum Gasteiger partial charge on any atom is -0.458 e. The van der Waals surface area contributed by atoms with Crippen molar-refractivity contribution in [2.45, 2.75) is 64.6 Å². The molecule has 1 unspecified atom stereocenters. The first-order valence-corrected chi connectivity index (χ1v) is 10.5. The number of likely N-dealkylation sites (tertiary alicyclic amines) is 2. The maximum Gasteiger partial charge on any atom is 0.410 e. The minimum absolute atomic E-state index is 0.0656. The van der Waals surface area contributed by atoms with Crippen molar-refractivity contribution in [2.75, 3.05) is 26.2 Å². The van der Waals surface area contributed by atoms with Crippen molar-refractivity contribution in [1.29, 1.82) is 0 Å². The average Bonchev–Trinajstić information content (AvgIpc) is 2.68. The number of nitrogens with zero attached hydrogens (tertiary/aromatic N) is 4. The molecule has 8 heteroatoms. The minimum atomic E-state index is -0.485. The Labute approximate surface area is 172 Å². The highest BCUT2D eigenvalue weighted by atomic mass is 16.6. The summed E-state index contributed by atoms with van der Waals surface area (Å²) < 4.78 is 11.3. The van der Waals surface area contributed by atoms with E-state index in [0.717, 1.165) is 32.2 Å². The molecular formula is C21H32N4O4. The molecule has 1 aromatic rings. The molecule has 2 aliphatic rings. The van der Waals surface area contributed by atoms with Gasteiger partial charge in [-0.1, -0.05) is 0 Å². The van der Waals surface area contributed by atoms with Crippen LogP contribution in [0.1, 0.15) is 52.9 Å². The summed E-state index contributed by atoms with van der Waals surface area (Å²) in [4.78, 5) is 36.8. The maximum absolute atomic E-state index is 12.8. The van der Waals surface area contributed by atoms with Gasteiger partial charge in [-0.3, -0.25) is 4.79 Å². The van der Waals surface area contributed by atoms with Gasteiger partial charge in [-0.25, -0.2) is 14.8 Å². The second-order valence-electron chi connectivity index (χ2n) is 8.87. The molecule has 1 aromatic heterocycles. The highest BCUT2D eigenvalue weighted by Crippen LogP contribution is 2.24. The molecule has 0 saturated carbocycles. The molecule has 3 heterocycles. The van der Waals surface area contributed by atoms with E-state index >= 15 is 0 Å². The number of hydrogen-bond acceptors (Lipinski definition) is 6. The van der Waals surface area contributed by atoms with E-state index in [1.165, 1.54) is 0 Å². The summed E-state index contributed by atoms with van der Waals surface area (Å²) in [7, 11) is 0. The highest BCUT2D eigenvalue weighted by Gasteiger charge is 2.30. The number of ether oxygens (including phenoxy) is 2. The Morgan fingerprint density at radius 3 is 2.41 bits per heavy atom. The van der Waals surface area contributed by atoms with Crippen LogP contribution in [0.15, 0.2) is 18.5 Å². The molecule has 0 spiro atoms. The molecule has 0 bridgehead atoms. The van der Waals surface area contributed by atoms with Gasteiger partial charge in [0.2, 0.25) is 5.91 Å². The van der Waals surface area contributed by atoms with Crippen LogP contribution in [0.3, 0.4) is 0 Å². The van der Waals surface area contributed by atoms with Crippen LogP contribution >= 0.6 is 0 Å². The van der Waals surface area contributed by atoms with Crippen LogP contribution in [-0.4, -0.2) is 69.7 Å². The summed E-state index contributed by atoms with van der Waals surface area (Å²) >= 11 is 0. The van der Waals surface area contributed by atoms with E-state index in [1.54, 1.807) is 23.4 Å². The summed E-state index contributed by atoms with van der Waals surface area (Å²) in [5.74, 6) is 0.475. The monoisotopic (exact) mass is 404 g/mol. The summed E-state index contributed by atoms with van der Waals surface area (Å²) in [6.07, 6.45) is 6.97. The lowest BCUT2D eigenvalue weighted by molar-refractivity contribution is -0.135. The Morgan fingerprint density at radius 1 is 1.07 bits per heavy atom. The summed E-state index contributed by atoms with van der Waals surface area (Å²) in [6.45, 7) is 8.24. The predicted molar refractivity (Wildman–Crippen MR) is 107 cm³/mol. The fourth-order valence-corrected chi connectivity index (χ4v) is 3.78. The van der Waals surface area contributed by atoms with E-state index in [-0.39, 0.29) is 18.1 Å². The van der Waals surface area contributed by atoms with E-state index in [0.29, 0.717) is 38.0 Å². The van der Waals surface area contributed by atoms with E-state index in [9.17, 15) is 9.59 Å². The second-order valence-corrected chi connectivity index (χ2v) is 8.87. The smallest absolute Gasteiger partial charge is 0.410 e. The first-order chi connectivity index (χ1) is 13.8. The van der Waals surface area contributed by atoms with Gasteiger partial charge in [-0.05, 0) is 58.4 Å². The maximum atomic E-state index is 12.8. The zero-order valence-electron chi connectivity index (χ0n) is 17.7. The highest BCUT2D eigenvalue weighted by molar-refractivity contribution is 5.76. The van der Waals surface area contributed by atoms with E-state index < -0.39 is 5.60 Å². The van der Waals surface area contributed by atoms with Gasteiger partial charge in [0.25, 0.3) is 0 Å². The fraction of sp³-hybridized carbons (Fsp3) is 0.714. The quantitative estimate of drug-likeness (QED) is 0.767. The predicted octanol–water partition coefficient (Wildman–Crippen LogP) is 2.88. The van der Waals surface area contributed by atoms with Gasteiger partial charge in [0, 0.05) is 38.4 Å². The van der Waals surface area contributed by atoms with Gasteiger partial charge >= 0.3 is 12.1 Å². The van der Waals surface area contributed by atoms with Crippen molar-refractivity contribution in [1.82, 2.24) is 19.8 Å². The van der Waals surface area contributed by atoms with E-state index in [1.807, 2.05) is 25.7 Å². The fourth-order valence-electron chi connectivity index (χ4n) is 3.78. The molecule has 3 rings (SSSR count). The van der Waals surface area contributed by atoms with Crippen LogP contribution < -0.4 is 4.74 Å². The molecule has 2 aliphatic heterocycles. The number of carbonyl (C=O) groups excluding carboxylic acids is 2. The van der Waals surface area contributed by atoms with Crippen LogP contribution in [0.25, 0.3) is 0 Å². The van der Waals surface area contributed by atoms with Crippen molar-refractivity contribution >= 4 is 12.0 Å². The lowest BCUT2D eigenvalue weighted by atomic mass is 9.92. The first kappa shape index (κ1) is 21.3. The van der Waals surface area contributed by atoms with Crippen LogP contribution in [0, 0.1) is 5.92 Å². The largest absolute Gasteiger partial charge is 0.458 e. The lowest BCUT2D eigenvalue weighted by Crippen LogP contribution is -2.46. The van der Waals surface area contributed by atoms with Crippen molar-refractivity contribution in [3.8, 4) is 6.01 Å². The number of aromatic nitrogens is 2. The van der Waals surface area contributed by atoms with Crippen LogP contribution in [0.4, 0.5) is 4.79 Å². The van der Waals surface area contributed by atoms with E-state index in [2.05, 4.69) is 9.97 Å². The molecule has 160 valence electrons. The number of rotatable bonds is 4. The Bertz CT molecular complexity index is 684. The zero-order chi connectivity index (χ0) is 20.9. The molecule has 8 nitrogen and oxygen atoms in total.